The minimum absolute atomic E-state index is 0.261. The second kappa shape index (κ2) is 7.12. The summed E-state index contributed by atoms with van der Waals surface area (Å²) in [5, 5.41) is 2.52. The normalized spacial score (nSPS) is 13.8. The number of ether oxygens (including phenoxy) is 1. The number of hydrogen-bond acceptors (Lipinski definition) is 4. The minimum atomic E-state index is -4.26. The van der Waals surface area contributed by atoms with E-state index in [1.54, 1.807) is 20.8 Å². The van der Waals surface area contributed by atoms with Crippen molar-refractivity contribution in [3.63, 3.8) is 0 Å². The van der Waals surface area contributed by atoms with Crippen molar-refractivity contribution in [1.82, 2.24) is 4.98 Å². The fourth-order valence-electron chi connectivity index (χ4n) is 1.39. The van der Waals surface area contributed by atoms with Crippen molar-refractivity contribution in [3.05, 3.63) is 18.3 Å². The van der Waals surface area contributed by atoms with Crippen molar-refractivity contribution in [2.45, 2.75) is 39.2 Å². The molecular weight excluding hydrogens is 318 g/mol. The molecule has 0 saturated heterocycles. The molecule has 0 aromatic carbocycles. The third-order valence-corrected chi connectivity index (χ3v) is 2.95. The molecule has 0 aliphatic heterocycles. The zero-order valence-electron chi connectivity index (χ0n) is 12.9. The van der Waals surface area contributed by atoms with Crippen LogP contribution in [0.5, 0.6) is 5.88 Å². The number of pyridine rings is 1. The molecule has 1 aromatic rings. The molecule has 0 fully saturated rings. The maximum absolute atomic E-state index is 12.7. The molecule has 1 rings (SSSR count). The monoisotopic (exact) mass is 337 g/mol. The Kier molecular flexibility index (Phi) is 5.92. The Morgan fingerprint density at radius 3 is 2.39 bits per heavy atom. The Bertz CT molecular complexity index is 530. The van der Waals surface area contributed by atoms with Crippen LogP contribution in [-0.4, -0.2) is 35.9 Å². The lowest BCUT2D eigenvalue weighted by molar-refractivity contribution is -0.148. The number of carbonyl (C=O) groups is 1. The number of carbonyl (C=O) groups excluding carboxylic acids is 1. The van der Waals surface area contributed by atoms with Crippen LogP contribution in [0.25, 0.3) is 0 Å². The van der Waals surface area contributed by atoms with E-state index in [4.69, 9.17) is 5.73 Å². The Balaban J connectivity index is 2.62. The SMILES string of the molecule is CC(C)(C)[C@H](N)C(=O)Nc1ccc(OCC(F)(F)C(F)F)nc1. The van der Waals surface area contributed by atoms with Gasteiger partial charge in [0.25, 0.3) is 0 Å². The fourth-order valence-corrected chi connectivity index (χ4v) is 1.39. The van der Waals surface area contributed by atoms with Crippen LogP contribution in [0.1, 0.15) is 20.8 Å². The highest BCUT2D eigenvalue weighted by Gasteiger charge is 2.41. The van der Waals surface area contributed by atoms with E-state index >= 15 is 0 Å². The summed E-state index contributed by atoms with van der Waals surface area (Å²) in [7, 11) is 0. The van der Waals surface area contributed by atoms with Crippen LogP contribution in [-0.2, 0) is 4.79 Å². The van der Waals surface area contributed by atoms with Crippen molar-refractivity contribution < 1.29 is 27.1 Å². The van der Waals surface area contributed by atoms with Gasteiger partial charge in [-0.3, -0.25) is 4.79 Å². The Hall–Kier alpha value is -1.90. The molecule has 0 spiro atoms. The van der Waals surface area contributed by atoms with Gasteiger partial charge in [0, 0.05) is 6.07 Å². The second-order valence-corrected chi connectivity index (χ2v) is 6.07. The van der Waals surface area contributed by atoms with E-state index in [0.717, 1.165) is 6.20 Å². The smallest absolute Gasteiger partial charge is 0.340 e. The number of nitrogens with zero attached hydrogens (tertiary/aromatic N) is 1. The average molecular weight is 337 g/mol. The largest absolute Gasteiger partial charge is 0.471 e. The number of halogens is 4. The van der Waals surface area contributed by atoms with Crippen molar-refractivity contribution in [3.8, 4) is 5.88 Å². The van der Waals surface area contributed by atoms with Gasteiger partial charge in [0.2, 0.25) is 11.8 Å². The van der Waals surface area contributed by atoms with Crippen LogP contribution < -0.4 is 15.8 Å². The summed E-state index contributed by atoms with van der Waals surface area (Å²) in [5.74, 6) is -4.95. The molecule has 5 nitrogen and oxygen atoms in total. The third kappa shape index (κ3) is 5.66. The van der Waals surface area contributed by atoms with E-state index in [1.807, 2.05) is 0 Å². The topological polar surface area (TPSA) is 77.2 Å². The molecule has 0 unspecified atom stereocenters. The molecule has 23 heavy (non-hydrogen) atoms. The van der Waals surface area contributed by atoms with E-state index < -0.39 is 36.3 Å². The molecule has 0 aliphatic rings. The van der Waals surface area contributed by atoms with Gasteiger partial charge in [0.15, 0.2) is 6.61 Å². The van der Waals surface area contributed by atoms with E-state index in [0.29, 0.717) is 0 Å². The predicted octanol–water partition coefficient (Wildman–Crippen LogP) is 2.67. The fraction of sp³-hybridized carbons (Fsp3) is 0.571. The summed E-state index contributed by atoms with van der Waals surface area (Å²) in [5.41, 5.74) is 5.62. The van der Waals surface area contributed by atoms with E-state index in [9.17, 15) is 22.4 Å². The molecular formula is C14H19F4N3O2. The first kappa shape index (κ1) is 19.1. The summed E-state index contributed by atoms with van der Waals surface area (Å²) in [6.07, 6.45) is -2.66. The lowest BCUT2D eigenvalue weighted by atomic mass is 9.87. The van der Waals surface area contributed by atoms with Gasteiger partial charge in [-0.25, -0.2) is 13.8 Å². The summed E-state index contributed by atoms with van der Waals surface area (Å²) in [4.78, 5) is 15.6. The lowest BCUT2D eigenvalue weighted by Crippen LogP contribution is -2.45. The second-order valence-electron chi connectivity index (χ2n) is 6.07. The van der Waals surface area contributed by atoms with Crippen molar-refractivity contribution >= 4 is 11.6 Å². The van der Waals surface area contributed by atoms with Crippen LogP contribution in [0.4, 0.5) is 23.2 Å². The van der Waals surface area contributed by atoms with Gasteiger partial charge in [-0.2, -0.15) is 8.78 Å². The van der Waals surface area contributed by atoms with E-state index in [-0.39, 0.29) is 11.6 Å². The first-order valence-electron chi connectivity index (χ1n) is 6.75. The molecule has 0 radical (unpaired) electrons. The molecule has 130 valence electrons. The standard InChI is InChI=1S/C14H19F4N3O2/c1-13(2,3)10(19)11(22)21-8-4-5-9(20-6-8)23-7-14(17,18)12(15)16/h4-6,10,12H,7,19H2,1-3H3,(H,21,22)/t10-/m1/s1. The maximum Gasteiger partial charge on any atom is 0.340 e. The van der Waals surface area contributed by atoms with E-state index in [2.05, 4.69) is 15.0 Å². The zero-order valence-corrected chi connectivity index (χ0v) is 12.9. The molecule has 1 atom stereocenters. The molecule has 1 heterocycles. The van der Waals surface area contributed by atoms with Crippen molar-refractivity contribution in [2.24, 2.45) is 11.1 Å². The number of anilines is 1. The number of hydrogen-bond donors (Lipinski definition) is 2. The molecule has 3 N–H and O–H groups in total. The van der Waals surface area contributed by atoms with Gasteiger partial charge in [-0.1, -0.05) is 20.8 Å². The highest BCUT2D eigenvalue weighted by atomic mass is 19.3. The van der Waals surface area contributed by atoms with Gasteiger partial charge in [0.05, 0.1) is 17.9 Å². The van der Waals surface area contributed by atoms with E-state index in [1.165, 1.54) is 12.1 Å². The maximum atomic E-state index is 12.7. The van der Waals surface area contributed by atoms with Crippen LogP contribution in [0.3, 0.4) is 0 Å². The summed E-state index contributed by atoms with van der Waals surface area (Å²) in [6, 6.07) is 1.76. The number of rotatable bonds is 6. The number of nitrogens with two attached hydrogens (primary N) is 1. The lowest BCUT2D eigenvalue weighted by Gasteiger charge is -2.25. The molecule has 0 aliphatic carbocycles. The number of aromatic nitrogens is 1. The minimum Gasteiger partial charge on any atom is -0.471 e. The Labute approximate surface area is 131 Å². The number of amides is 1. The highest BCUT2D eigenvalue weighted by molar-refractivity contribution is 5.95. The first-order chi connectivity index (χ1) is 10.4. The highest BCUT2D eigenvalue weighted by Crippen LogP contribution is 2.24. The summed E-state index contributed by atoms with van der Waals surface area (Å²) >= 11 is 0. The van der Waals surface area contributed by atoms with Gasteiger partial charge < -0.3 is 15.8 Å². The van der Waals surface area contributed by atoms with Crippen molar-refractivity contribution in [2.75, 3.05) is 11.9 Å². The quantitative estimate of drug-likeness (QED) is 0.783. The van der Waals surface area contributed by atoms with Crippen LogP contribution >= 0.6 is 0 Å². The van der Waals surface area contributed by atoms with Crippen LogP contribution in [0.2, 0.25) is 0 Å². The predicted molar refractivity (Wildman–Crippen MR) is 76.7 cm³/mol. The van der Waals surface area contributed by atoms with Gasteiger partial charge in [-0.15, -0.1) is 0 Å². The molecule has 1 amide bonds. The first-order valence-corrected chi connectivity index (χ1v) is 6.75. The average Bonchev–Trinajstić information content (AvgIpc) is 2.44. The molecule has 9 heteroatoms. The van der Waals surface area contributed by atoms with Crippen molar-refractivity contribution in [1.29, 1.82) is 0 Å². The summed E-state index contributed by atoms with van der Waals surface area (Å²) in [6.45, 7) is 3.92. The third-order valence-electron chi connectivity index (χ3n) is 2.95. The van der Waals surface area contributed by atoms with Gasteiger partial charge >= 0.3 is 12.3 Å². The Morgan fingerprint density at radius 2 is 1.96 bits per heavy atom. The Morgan fingerprint density at radius 1 is 1.35 bits per heavy atom. The zero-order chi connectivity index (χ0) is 17.8. The molecule has 0 saturated carbocycles. The number of nitrogens with one attached hydrogen (secondary N) is 1. The van der Waals surface area contributed by atoms with Gasteiger partial charge in [0.1, 0.15) is 0 Å². The van der Waals surface area contributed by atoms with Crippen LogP contribution in [0, 0.1) is 5.41 Å². The molecule has 0 bridgehead atoms. The van der Waals surface area contributed by atoms with Gasteiger partial charge in [-0.05, 0) is 11.5 Å². The summed E-state index contributed by atoms with van der Waals surface area (Å²) < 4.78 is 53.9. The molecule has 1 aromatic heterocycles. The number of alkyl halides is 4. The van der Waals surface area contributed by atoms with Crippen LogP contribution in [0.15, 0.2) is 18.3 Å².